The average Bonchev–Trinajstić information content (AvgIpc) is 2.99. The van der Waals surface area contributed by atoms with Crippen LogP contribution in [0.5, 0.6) is 17.2 Å². The van der Waals surface area contributed by atoms with Crippen molar-refractivity contribution in [1.82, 2.24) is 4.31 Å². The largest absolute Gasteiger partial charge is 0.493 e. The summed E-state index contributed by atoms with van der Waals surface area (Å²) in [5.41, 5.74) is 4.01. The first-order valence-corrected chi connectivity index (χ1v) is 12.3. The van der Waals surface area contributed by atoms with E-state index in [1.807, 2.05) is 62.4 Å². The predicted molar refractivity (Wildman–Crippen MR) is 128 cm³/mol. The molecule has 0 fully saturated rings. The molecule has 1 unspecified atom stereocenters. The van der Waals surface area contributed by atoms with Crippen LogP contribution in [0, 0.1) is 13.8 Å². The average molecular weight is 468 g/mol. The highest BCUT2D eigenvalue weighted by atomic mass is 32.2. The lowest BCUT2D eigenvalue weighted by Crippen LogP contribution is -2.36. The molecule has 0 bridgehead atoms. The molecule has 1 aliphatic heterocycles. The first kappa shape index (κ1) is 23.1. The summed E-state index contributed by atoms with van der Waals surface area (Å²) in [6.07, 6.45) is 0.0272. The minimum absolute atomic E-state index is 0.187. The van der Waals surface area contributed by atoms with E-state index in [1.54, 1.807) is 26.4 Å². The molecule has 0 aromatic heterocycles. The van der Waals surface area contributed by atoms with Gasteiger partial charge < -0.3 is 14.2 Å². The Morgan fingerprint density at radius 2 is 1.42 bits per heavy atom. The van der Waals surface area contributed by atoms with Gasteiger partial charge >= 0.3 is 0 Å². The topological polar surface area (TPSA) is 65.1 Å². The van der Waals surface area contributed by atoms with E-state index in [-0.39, 0.29) is 11.4 Å². The number of benzene rings is 3. The van der Waals surface area contributed by atoms with Crippen molar-refractivity contribution in [3.05, 3.63) is 82.9 Å². The van der Waals surface area contributed by atoms with Gasteiger partial charge in [0.25, 0.3) is 0 Å². The quantitative estimate of drug-likeness (QED) is 0.526. The molecule has 0 saturated carbocycles. The Morgan fingerprint density at radius 1 is 0.848 bits per heavy atom. The molecule has 33 heavy (non-hydrogen) atoms. The van der Waals surface area contributed by atoms with Crippen molar-refractivity contribution in [2.75, 3.05) is 27.3 Å². The highest BCUT2D eigenvalue weighted by Crippen LogP contribution is 2.38. The van der Waals surface area contributed by atoms with Crippen molar-refractivity contribution in [2.24, 2.45) is 0 Å². The maximum absolute atomic E-state index is 13.5. The molecule has 0 saturated heterocycles. The van der Waals surface area contributed by atoms with Gasteiger partial charge in [-0.3, -0.25) is 0 Å². The van der Waals surface area contributed by atoms with Crippen molar-refractivity contribution in [1.29, 1.82) is 0 Å². The summed E-state index contributed by atoms with van der Waals surface area (Å²) in [4.78, 5) is 0.281. The van der Waals surface area contributed by atoms with Gasteiger partial charge in [-0.05, 0) is 62.2 Å². The van der Waals surface area contributed by atoms with Crippen LogP contribution in [-0.2, 0) is 16.4 Å². The minimum Gasteiger partial charge on any atom is -0.493 e. The van der Waals surface area contributed by atoms with E-state index in [4.69, 9.17) is 14.2 Å². The second kappa shape index (κ2) is 9.45. The Labute approximate surface area is 195 Å². The van der Waals surface area contributed by atoms with E-state index in [0.717, 1.165) is 22.3 Å². The van der Waals surface area contributed by atoms with E-state index in [0.29, 0.717) is 30.2 Å². The summed E-state index contributed by atoms with van der Waals surface area (Å²) in [6, 6.07) is 18.5. The lowest BCUT2D eigenvalue weighted by Gasteiger charge is -2.26. The lowest BCUT2D eigenvalue weighted by molar-refractivity contribution is 0.177. The number of ether oxygens (including phenoxy) is 3. The molecule has 3 aromatic carbocycles. The fraction of sp³-hybridized carbons (Fsp3) is 0.308. The molecule has 6 nitrogen and oxygen atoms in total. The predicted octanol–water partition coefficient (Wildman–Crippen LogP) is 4.69. The Morgan fingerprint density at radius 3 is 2.03 bits per heavy atom. The summed E-state index contributed by atoms with van der Waals surface area (Å²) in [5, 5.41) is 0. The number of aryl methyl sites for hydroxylation is 2. The van der Waals surface area contributed by atoms with Crippen LogP contribution < -0.4 is 14.2 Å². The van der Waals surface area contributed by atoms with Gasteiger partial charge in [0.2, 0.25) is 10.0 Å². The monoisotopic (exact) mass is 467 g/mol. The Kier molecular flexibility index (Phi) is 6.63. The van der Waals surface area contributed by atoms with Crippen molar-refractivity contribution in [2.45, 2.75) is 31.3 Å². The Hall–Kier alpha value is -3.03. The fourth-order valence-corrected chi connectivity index (χ4v) is 5.47. The normalized spacial score (nSPS) is 16.5. The number of rotatable bonds is 6. The van der Waals surface area contributed by atoms with E-state index in [9.17, 15) is 8.42 Å². The van der Waals surface area contributed by atoms with Gasteiger partial charge in [0.1, 0.15) is 11.9 Å². The summed E-state index contributed by atoms with van der Waals surface area (Å²) in [5.74, 6) is 1.88. The van der Waals surface area contributed by atoms with E-state index in [1.165, 1.54) is 4.31 Å². The summed E-state index contributed by atoms with van der Waals surface area (Å²) in [6.45, 7) is 4.47. The van der Waals surface area contributed by atoms with Gasteiger partial charge in [0.15, 0.2) is 11.5 Å². The summed E-state index contributed by atoms with van der Waals surface area (Å²) in [7, 11) is -0.511. The standard InChI is InChI=1S/C26H29NO5S/c1-18-5-9-21(10-6-18)32-26-17-27(33(28,29)22-11-7-19(2)8-12-22)14-13-20-15-24(30-3)25(31-4)16-23(20)26/h5-12,15-16,26H,13-14,17H2,1-4H3. The minimum atomic E-state index is -3.69. The van der Waals surface area contributed by atoms with Gasteiger partial charge in [0.05, 0.1) is 25.7 Å². The molecule has 174 valence electrons. The highest BCUT2D eigenvalue weighted by molar-refractivity contribution is 7.89. The zero-order chi connectivity index (χ0) is 23.6. The molecule has 0 N–H and O–H groups in total. The molecule has 3 aromatic rings. The van der Waals surface area contributed by atoms with Crippen molar-refractivity contribution < 1.29 is 22.6 Å². The lowest BCUT2D eigenvalue weighted by atomic mass is 10.00. The van der Waals surface area contributed by atoms with Crippen LogP contribution in [0.1, 0.15) is 28.4 Å². The molecule has 1 atom stereocenters. The van der Waals surface area contributed by atoms with Crippen LogP contribution in [-0.4, -0.2) is 40.0 Å². The molecule has 0 amide bonds. The second-order valence-corrected chi connectivity index (χ2v) is 10.2. The highest BCUT2D eigenvalue weighted by Gasteiger charge is 2.33. The summed E-state index contributed by atoms with van der Waals surface area (Å²) < 4.78 is 45.9. The third-order valence-electron chi connectivity index (χ3n) is 5.95. The van der Waals surface area contributed by atoms with Crippen LogP contribution in [0.4, 0.5) is 0 Å². The molecular weight excluding hydrogens is 438 g/mol. The molecule has 4 rings (SSSR count). The molecule has 0 radical (unpaired) electrons. The smallest absolute Gasteiger partial charge is 0.243 e. The van der Waals surface area contributed by atoms with Crippen LogP contribution in [0.3, 0.4) is 0 Å². The first-order valence-electron chi connectivity index (χ1n) is 10.9. The van der Waals surface area contributed by atoms with E-state index >= 15 is 0 Å². The number of methoxy groups -OCH3 is 2. The van der Waals surface area contributed by atoms with Crippen LogP contribution in [0.15, 0.2) is 65.6 Å². The maximum atomic E-state index is 13.5. The zero-order valence-electron chi connectivity index (χ0n) is 19.4. The molecule has 1 aliphatic rings. The molecular formula is C26H29NO5S. The number of hydrogen-bond donors (Lipinski definition) is 0. The van der Waals surface area contributed by atoms with Crippen molar-refractivity contribution in [3.8, 4) is 17.2 Å². The van der Waals surface area contributed by atoms with Gasteiger partial charge in [-0.25, -0.2) is 8.42 Å². The van der Waals surface area contributed by atoms with Crippen LogP contribution in [0.25, 0.3) is 0 Å². The molecule has 0 aliphatic carbocycles. The van der Waals surface area contributed by atoms with E-state index < -0.39 is 16.1 Å². The van der Waals surface area contributed by atoms with Gasteiger partial charge in [-0.2, -0.15) is 4.31 Å². The van der Waals surface area contributed by atoms with E-state index in [2.05, 4.69) is 0 Å². The zero-order valence-corrected chi connectivity index (χ0v) is 20.2. The van der Waals surface area contributed by atoms with Crippen LogP contribution in [0.2, 0.25) is 0 Å². The first-order chi connectivity index (χ1) is 15.8. The second-order valence-electron chi connectivity index (χ2n) is 8.25. The fourth-order valence-electron chi connectivity index (χ4n) is 4.03. The number of sulfonamides is 1. The van der Waals surface area contributed by atoms with Crippen molar-refractivity contribution in [3.63, 3.8) is 0 Å². The number of nitrogens with zero attached hydrogens (tertiary/aromatic N) is 1. The molecule has 1 heterocycles. The van der Waals surface area contributed by atoms with Crippen molar-refractivity contribution >= 4 is 10.0 Å². The van der Waals surface area contributed by atoms with Gasteiger partial charge in [0, 0.05) is 12.1 Å². The summed E-state index contributed by atoms with van der Waals surface area (Å²) >= 11 is 0. The SMILES string of the molecule is COc1cc2c(cc1OC)C(Oc1ccc(C)cc1)CN(S(=O)(=O)c1ccc(C)cc1)CC2. The van der Waals surface area contributed by atoms with Gasteiger partial charge in [-0.1, -0.05) is 35.4 Å². The third kappa shape index (κ3) is 4.84. The van der Waals surface area contributed by atoms with Gasteiger partial charge in [-0.15, -0.1) is 0 Å². The third-order valence-corrected chi connectivity index (χ3v) is 7.83. The maximum Gasteiger partial charge on any atom is 0.243 e. The molecule has 0 spiro atoms. The number of fused-ring (bicyclic) bond motifs is 1. The number of hydrogen-bond acceptors (Lipinski definition) is 5. The Balaban J connectivity index is 1.75. The Bertz CT molecular complexity index is 1220. The van der Waals surface area contributed by atoms with Crippen LogP contribution >= 0.6 is 0 Å². The molecule has 7 heteroatoms.